The van der Waals surface area contributed by atoms with Gasteiger partial charge in [-0.3, -0.25) is 5.32 Å². The molecule has 2 unspecified atom stereocenters. The molecule has 2 N–H and O–H groups in total. The molecule has 3 nitrogen and oxygen atoms in total. The molecule has 0 radical (unpaired) electrons. The van der Waals surface area contributed by atoms with Crippen LogP contribution in [-0.2, 0) is 0 Å². The van der Waals surface area contributed by atoms with Crippen LogP contribution in [0.4, 0.5) is 5.69 Å². The van der Waals surface area contributed by atoms with Crippen molar-refractivity contribution < 1.29 is 0 Å². The summed E-state index contributed by atoms with van der Waals surface area (Å²) in [5.41, 5.74) is 13.4. The summed E-state index contributed by atoms with van der Waals surface area (Å²) in [6, 6.07) is 68.6. The molecule has 54 heavy (non-hydrogen) atoms. The molecule has 4 heteroatoms. The van der Waals surface area contributed by atoms with Gasteiger partial charge in [0.05, 0.1) is 17.1 Å². The van der Waals surface area contributed by atoms with Gasteiger partial charge >= 0.3 is 0 Å². The Morgan fingerprint density at radius 3 is 1.87 bits per heavy atom. The van der Waals surface area contributed by atoms with E-state index in [0.717, 1.165) is 5.69 Å². The molecule has 0 saturated heterocycles. The third kappa shape index (κ3) is 5.14. The van der Waals surface area contributed by atoms with Crippen molar-refractivity contribution in [3.63, 3.8) is 0 Å². The predicted octanol–water partition coefficient (Wildman–Crippen LogP) is 13.3. The fourth-order valence-electron chi connectivity index (χ4n) is 8.43. The molecule has 11 rings (SSSR count). The Bertz CT molecular complexity index is 2980. The number of nitrogens with zero attached hydrogens (tertiary/aromatic N) is 1. The van der Waals surface area contributed by atoms with Crippen LogP contribution in [0.5, 0.6) is 0 Å². The second kappa shape index (κ2) is 12.6. The van der Waals surface area contributed by atoms with Crippen molar-refractivity contribution in [1.29, 1.82) is 0 Å². The van der Waals surface area contributed by atoms with Crippen LogP contribution in [0.3, 0.4) is 0 Å². The molecule has 8 aromatic carbocycles. The first-order valence-electron chi connectivity index (χ1n) is 18.6. The maximum Gasteiger partial charge on any atom is 0.104 e. The third-order valence-electron chi connectivity index (χ3n) is 11.1. The zero-order valence-electron chi connectivity index (χ0n) is 29.4. The number of nitrogens with one attached hydrogen (secondary N) is 2. The summed E-state index contributed by atoms with van der Waals surface area (Å²) < 4.78 is 5.07. The number of benzene rings is 8. The fourth-order valence-corrected chi connectivity index (χ4v) is 9.55. The Morgan fingerprint density at radius 1 is 0.426 bits per heavy atom. The lowest BCUT2D eigenvalue weighted by molar-refractivity contribution is 0.506. The van der Waals surface area contributed by atoms with Gasteiger partial charge in [0, 0.05) is 42.3 Å². The monoisotopic (exact) mass is 709 g/mol. The third-order valence-corrected chi connectivity index (χ3v) is 12.2. The Kier molecular flexibility index (Phi) is 7.25. The minimum atomic E-state index is -0.0399. The molecule has 0 spiro atoms. The van der Waals surface area contributed by atoms with Crippen LogP contribution < -0.4 is 10.6 Å². The van der Waals surface area contributed by atoms with E-state index in [4.69, 9.17) is 0 Å². The van der Waals surface area contributed by atoms with Gasteiger partial charge in [0.15, 0.2) is 0 Å². The van der Waals surface area contributed by atoms with Crippen molar-refractivity contribution >= 4 is 59.0 Å². The molecule has 0 aliphatic carbocycles. The highest BCUT2D eigenvalue weighted by Gasteiger charge is 2.28. The van der Waals surface area contributed by atoms with E-state index in [2.05, 4.69) is 203 Å². The number of rotatable bonds is 5. The standard InChI is InChI=1S/C50H35N3S/c1-3-11-32(12-4-1)33-19-23-35(24-20-33)49-40-16-7-9-17-44(40)51-50(52-49)36-25-21-34(22-26-36)37-27-28-45-41(29-37)42-30-43-39-15-8-10-18-47(39)54-48(43)31-46(42)53(45)38-13-5-2-6-14-38/h1-31,49-52H. The lowest BCUT2D eigenvalue weighted by atomic mass is 9.92. The topological polar surface area (TPSA) is 29.0 Å². The van der Waals surface area contributed by atoms with E-state index >= 15 is 0 Å². The van der Waals surface area contributed by atoms with E-state index in [1.165, 1.54) is 86.6 Å². The molecule has 1 aliphatic heterocycles. The highest BCUT2D eigenvalue weighted by molar-refractivity contribution is 7.25. The van der Waals surface area contributed by atoms with Gasteiger partial charge in [-0.05, 0) is 87.5 Å². The highest BCUT2D eigenvalue weighted by atomic mass is 32.1. The van der Waals surface area contributed by atoms with E-state index in [1.54, 1.807) is 0 Å². The number of aromatic nitrogens is 1. The molecule has 0 bridgehead atoms. The van der Waals surface area contributed by atoms with E-state index in [-0.39, 0.29) is 12.2 Å². The number of hydrogen-bond donors (Lipinski definition) is 2. The molecule has 3 heterocycles. The van der Waals surface area contributed by atoms with Crippen LogP contribution >= 0.6 is 11.3 Å². The highest BCUT2D eigenvalue weighted by Crippen LogP contribution is 2.42. The molecule has 1 aliphatic rings. The predicted molar refractivity (Wildman–Crippen MR) is 229 cm³/mol. The molecule has 0 amide bonds. The molecular weight excluding hydrogens is 675 g/mol. The van der Waals surface area contributed by atoms with Crippen LogP contribution in [-0.4, -0.2) is 4.57 Å². The van der Waals surface area contributed by atoms with Gasteiger partial charge in [0.1, 0.15) is 6.17 Å². The van der Waals surface area contributed by atoms with E-state index in [9.17, 15) is 0 Å². The second-order valence-corrected chi connectivity index (χ2v) is 15.3. The van der Waals surface area contributed by atoms with Crippen molar-refractivity contribution in [1.82, 2.24) is 9.88 Å². The molecule has 0 saturated carbocycles. The first-order valence-corrected chi connectivity index (χ1v) is 19.4. The van der Waals surface area contributed by atoms with Gasteiger partial charge in [0.25, 0.3) is 0 Å². The van der Waals surface area contributed by atoms with Gasteiger partial charge in [-0.15, -0.1) is 11.3 Å². The molecule has 2 atom stereocenters. The number of thiophene rings is 1. The normalized spacial score (nSPS) is 15.5. The summed E-state index contributed by atoms with van der Waals surface area (Å²) in [6.07, 6.45) is -0.0399. The van der Waals surface area contributed by atoms with Gasteiger partial charge in [0.2, 0.25) is 0 Å². The Morgan fingerprint density at radius 2 is 1.06 bits per heavy atom. The fraction of sp³-hybridized carbons (Fsp3) is 0.0400. The summed E-state index contributed by atoms with van der Waals surface area (Å²) >= 11 is 1.87. The smallest absolute Gasteiger partial charge is 0.104 e. The average Bonchev–Trinajstić information content (AvgIpc) is 3.77. The zero-order chi connectivity index (χ0) is 35.6. The van der Waals surface area contributed by atoms with Gasteiger partial charge in [-0.2, -0.15) is 0 Å². The van der Waals surface area contributed by atoms with E-state index < -0.39 is 0 Å². The summed E-state index contributed by atoms with van der Waals surface area (Å²) in [5, 5.41) is 12.9. The number of hydrogen-bond acceptors (Lipinski definition) is 3. The second-order valence-electron chi connectivity index (χ2n) is 14.2. The molecule has 0 fully saturated rings. The first-order chi connectivity index (χ1) is 26.7. The maximum absolute atomic E-state index is 3.94. The maximum atomic E-state index is 3.94. The minimum absolute atomic E-state index is 0.0399. The summed E-state index contributed by atoms with van der Waals surface area (Å²) in [4.78, 5) is 0. The summed E-state index contributed by atoms with van der Waals surface area (Å²) in [6.45, 7) is 0. The van der Waals surface area contributed by atoms with Crippen molar-refractivity contribution in [2.24, 2.45) is 0 Å². The van der Waals surface area contributed by atoms with Crippen molar-refractivity contribution in [2.75, 3.05) is 5.32 Å². The first kappa shape index (κ1) is 31.1. The van der Waals surface area contributed by atoms with Crippen molar-refractivity contribution in [2.45, 2.75) is 12.2 Å². The van der Waals surface area contributed by atoms with Gasteiger partial charge in [-0.25, -0.2) is 0 Å². The van der Waals surface area contributed by atoms with E-state index in [0.29, 0.717) is 0 Å². The number of fused-ring (bicyclic) bond motifs is 7. The van der Waals surface area contributed by atoms with E-state index in [1.807, 2.05) is 11.3 Å². The average molecular weight is 710 g/mol. The molecular formula is C50H35N3S. The summed E-state index contributed by atoms with van der Waals surface area (Å²) in [5.74, 6) is 0. The SMILES string of the molecule is c1ccc(-c2ccc(C3NC(c4ccc(-c5ccc6c(c5)c5cc7c(cc5n6-c5ccccc5)sc5ccccc57)cc4)Nc4ccccc43)cc2)cc1. The van der Waals surface area contributed by atoms with Crippen molar-refractivity contribution in [3.8, 4) is 27.9 Å². The van der Waals surface area contributed by atoms with Crippen LogP contribution in [0.1, 0.15) is 28.9 Å². The zero-order valence-corrected chi connectivity index (χ0v) is 30.2. The Hall–Kier alpha value is -6.46. The lowest BCUT2D eigenvalue weighted by Gasteiger charge is -2.35. The van der Waals surface area contributed by atoms with Gasteiger partial charge < -0.3 is 9.88 Å². The Balaban J connectivity index is 0.959. The van der Waals surface area contributed by atoms with Crippen molar-refractivity contribution in [3.05, 3.63) is 205 Å². The van der Waals surface area contributed by atoms with Crippen LogP contribution in [0.15, 0.2) is 188 Å². The minimum Gasteiger partial charge on any atom is -0.366 e. The number of anilines is 1. The molecule has 10 aromatic rings. The Labute approximate surface area is 317 Å². The number of para-hydroxylation sites is 2. The van der Waals surface area contributed by atoms with Crippen LogP contribution in [0, 0.1) is 0 Å². The van der Waals surface area contributed by atoms with Crippen LogP contribution in [0.25, 0.3) is 69.9 Å². The van der Waals surface area contributed by atoms with Crippen LogP contribution in [0.2, 0.25) is 0 Å². The largest absolute Gasteiger partial charge is 0.366 e. The lowest BCUT2D eigenvalue weighted by Crippen LogP contribution is -2.37. The quantitative estimate of drug-likeness (QED) is 0.186. The summed E-state index contributed by atoms with van der Waals surface area (Å²) in [7, 11) is 0. The van der Waals surface area contributed by atoms with Gasteiger partial charge in [-0.1, -0.05) is 140 Å². The molecule has 2 aromatic heterocycles. The molecule has 256 valence electrons.